The van der Waals surface area contributed by atoms with Crippen molar-refractivity contribution in [3.05, 3.63) is 78.4 Å². The van der Waals surface area contributed by atoms with Crippen LogP contribution in [0.4, 0.5) is 19.0 Å². The zero-order valence-corrected chi connectivity index (χ0v) is 17.7. The lowest BCUT2D eigenvalue weighted by molar-refractivity contribution is -0.141. The van der Waals surface area contributed by atoms with E-state index in [9.17, 15) is 18.0 Å². The van der Waals surface area contributed by atoms with E-state index in [2.05, 4.69) is 25.3 Å². The number of carbonyl (C=O) groups is 1. The largest absolute Gasteiger partial charge is 0.433 e. The summed E-state index contributed by atoms with van der Waals surface area (Å²) in [5.74, 6) is -0.0565. The summed E-state index contributed by atoms with van der Waals surface area (Å²) in [7, 11) is 0. The first-order valence-electron chi connectivity index (χ1n) is 9.92. The second-order valence-corrected chi connectivity index (χ2v) is 7.26. The van der Waals surface area contributed by atoms with E-state index in [4.69, 9.17) is 5.26 Å². The molecule has 0 spiro atoms. The molecule has 170 valence electrons. The number of alkyl halides is 3. The number of imidazole rings is 1. The van der Waals surface area contributed by atoms with E-state index in [1.165, 1.54) is 23.2 Å². The Kier molecular flexibility index (Phi) is 6.05. The monoisotopic (exact) mass is 463 g/mol. The van der Waals surface area contributed by atoms with Gasteiger partial charge in [0.2, 0.25) is 5.91 Å². The summed E-state index contributed by atoms with van der Waals surface area (Å²) in [4.78, 5) is 28.2. The molecule has 0 aliphatic rings. The number of nitrogens with zero attached hydrogens (tertiary/aromatic N) is 6. The topological polar surface area (TPSA) is 109 Å². The zero-order chi connectivity index (χ0) is 24.3. The minimum Gasteiger partial charge on any atom is -0.325 e. The average Bonchev–Trinajstić information content (AvgIpc) is 3.19. The van der Waals surface area contributed by atoms with E-state index in [0.29, 0.717) is 17.2 Å². The van der Waals surface area contributed by atoms with Crippen LogP contribution in [-0.2, 0) is 17.5 Å². The third-order valence-electron chi connectivity index (χ3n) is 4.98. The number of pyridine rings is 3. The maximum Gasteiger partial charge on any atom is 0.433 e. The molecule has 4 aromatic rings. The summed E-state index contributed by atoms with van der Waals surface area (Å²) >= 11 is 0. The molecule has 0 unspecified atom stereocenters. The molecule has 0 aromatic carbocycles. The molecule has 0 atom stereocenters. The maximum atomic E-state index is 13.0. The Hall–Kier alpha value is -4.59. The van der Waals surface area contributed by atoms with Crippen molar-refractivity contribution >= 4 is 11.7 Å². The van der Waals surface area contributed by atoms with Gasteiger partial charge in [0.25, 0.3) is 0 Å². The van der Waals surface area contributed by atoms with Crippen LogP contribution < -0.4 is 5.32 Å². The van der Waals surface area contributed by atoms with Crippen LogP contribution in [0.2, 0.25) is 0 Å². The fraction of sp³-hybridized carbons (Fsp3) is 0.130. The zero-order valence-electron chi connectivity index (χ0n) is 17.7. The number of carbonyl (C=O) groups excluding carboxylic acids is 1. The molecule has 0 aliphatic heterocycles. The summed E-state index contributed by atoms with van der Waals surface area (Å²) in [6.07, 6.45) is 0.996. The van der Waals surface area contributed by atoms with Crippen molar-refractivity contribution < 1.29 is 18.0 Å². The fourth-order valence-electron chi connectivity index (χ4n) is 3.27. The number of nitrogens with one attached hydrogen (secondary N) is 1. The van der Waals surface area contributed by atoms with Crippen LogP contribution in [0.1, 0.15) is 17.1 Å². The van der Waals surface area contributed by atoms with Crippen LogP contribution >= 0.6 is 0 Å². The van der Waals surface area contributed by atoms with Gasteiger partial charge in [0, 0.05) is 35.4 Å². The highest BCUT2D eigenvalue weighted by molar-refractivity contribution is 5.90. The van der Waals surface area contributed by atoms with Gasteiger partial charge in [0.05, 0.1) is 12.0 Å². The lowest BCUT2D eigenvalue weighted by Gasteiger charge is -2.09. The molecule has 0 saturated carbocycles. The minimum atomic E-state index is -4.57. The molecule has 1 N–H and O–H groups in total. The Balaban J connectivity index is 1.45. The van der Waals surface area contributed by atoms with Crippen LogP contribution in [0.15, 0.2) is 61.3 Å². The molecule has 4 rings (SSSR count). The van der Waals surface area contributed by atoms with Crippen LogP contribution in [0.3, 0.4) is 0 Å². The van der Waals surface area contributed by atoms with Crippen molar-refractivity contribution in [3.8, 4) is 28.5 Å². The fourth-order valence-corrected chi connectivity index (χ4v) is 3.27. The Morgan fingerprint density at radius 3 is 2.50 bits per heavy atom. The molecule has 0 bridgehead atoms. The molecule has 0 saturated heterocycles. The van der Waals surface area contributed by atoms with Crippen LogP contribution in [0.5, 0.6) is 0 Å². The van der Waals surface area contributed by atoms with Crippen LogP contribution in [-0.4, -0.2) is 30.4 Å². The third kappa shape index (κ3) is 4.91. The van der Waals surface area contributed by atoms with E-state index in [-0.39, 0.29) is 23.7 Å². The first-order valence-corrected chi connectivity index (χ1v) is 9.92. The lowest BCUT2D eigenvalue weighted by atomic mass is 10.1. The molecule has 11 heteroatoms. The van der Waals surface area contributed by atoms with Crippen molar-refractivity contribution in [1.82, 2.24) is 24.5 Å². The SMILES string of the molecule is Cc1c(-c2ccnc(C(F)(F)F)c2)ncn1CC(=O)Nc1ccc(-c2ccnc(C#N)c2)cn1. The van der Waals surface area contributed by atoms with Gasteiger partial charge in [-0.25, -0.2) is 15.0 Å². The summed E-state index contributed by atoms with van der Waals surface area (Å²) < 4.78 is 40.4. The molecule has 1 amide bonds. The number of hydrogen-bond donors (Lipinski definition) is 1. The van der Waals surface area contributed by atoms with Gasteiger partial charge in [-0.1, -0.05) is 0 Å². The summed E-state index contributed by atoms with van der Waals surface area (Å²) in [5, 5.41) is 11.6. The van der Waals surface area contributed by atoms with Gasteiger partial charge in [-0.3, -0.25) is 9.78 Å². The van der Waals surface area contributed by atoms with Crippen molar-refractivity contribution in [3.63, 3.8) is 0 Å². The quantitative estimate of drug-likeness (QED) is 0.474. The number of amides is 1. The predicted molar refractivity (Wildman–Crippen MR) is 116 cm³/mol. The molecule has 0 radical (unpaired) electrons. The van der Waals surface area contributed by atoms with Crippen LogP contribution in [0.25, 0.3) is 22.4 Å². The highest BCUT2D eigenvalue weighted by atomic mass is 19.4. The normalized spacial score (nSPS) is 11.1. The van der Waals surface area contributed by atoms with Crippen molar-refractivity contribution in [1.29, 1.82) is 5.26 Å². The van der Waals surface area contributed by atoms with Crippen molar-refractivity contribution in [2.45, 2.75) is 19.6 Å². The van der Waals surface area contributed by atoms with E-state index in [1.54, 1.807) is 37.4 Å². The molecule has 4 heterocycles. The van der Waals surface area contributed by atoms with Gasteiger partial charge in [-0.15, -0.1) is 0 Å². The van der Waals surface area contributed by atoms with Crippen molar-refractivity contribution in [2.24, 2.45) is 0 Å². The van der Waals surface area contributed by atoms with E-state index < -0.39 is 11.9 Å². The standard InChI is InChI=1S/C23H16F3N7O/c1-14-22(16-5-7-29-19(9-16)23(24,25)26)31-13-33(14)12-21(34)32-20-3-2-17(11-30-20)15-4-6-28-18(8-15)10-27/h2-9,11,13H,12H2,1H3,(H,30,32,34). The number of rotatable bonds is 5. The van der Waals surface area contributed by atoms with Gasteiger partial charge in [0.15, 0.2) is 0 Å². The minimum absolute atomic E-state index is 0.102. The second-order valence-electron chi connectivity index (χ2n) is 7.26. The first-order chi connectivity index (χ1) is 16.2. The third-order valence-corrected chi connectivity index (χ3v) is 4.98. The van der Waals surface area contributed by atoms with Gasteiger partial charge in [-0.05, 0) is 48.9 Å². The van der Waals surface area contributed by atoms with Gasteiger partial charge < -0.3 is 9.88 Å². The van der Waals surface area contributed by atoms with Gasteiger partial charge in [-0.2, -0.15) is 18.4 Å². The Morgan fingerprint density at radius 2 is 1.79 bits per heavy atom. The number of anilines is 1. The predicted octanol–water partition coefficient (Wildman–Crippen LogP) is 4.24. The van der Waals surface area contributed by atoms with Crippen LogP contribution in [0, 0.1) is 18.3 Å². The van der Waals surface area contributed by atoms with Crippen molar-refractivity contribution in [2.75, 3.05) is 5.32 Å². The highest BCUT2D eigenvalue weighted by Crippen LogP contribution is 2.31. The highest BCUT2D eigenvalue weighted by Gasteiger charge is 2.32. The van der Waals surface area contributed by atoms with E-state index in [0.717, 1.165) is 23.4 Å². The first kappa shape index (κ1) is 22.6. The maximum absolute atomic E-state index is 13.0. The molecule has 34 heavy (non-hydrogen) atoms. The average molecular weight is 463 g/mol. The molecule has 0 aliphatic carbocycles. The molecule has 4 aromatic heterocycles. The Bertz CT molecular complexity index is 1390. The number of nitriles is 1. The Morgan fingerprint density at radius 1 is 1.03 bits per heavy atom. The lowest BCUT2D eigenvalue weighted by Crippen LogP contribution is -2.19. The summed E-state index contributed by atoms with van der Waals surface area (Å²) in [6, 6.07) is 11.1. The number of aromatic nitrogens is 5. The van der Waals surface area contributed by atoms with Gasteiger partial charge >= 0.3 is 6.18 Å². The molecule has 8 nitrogen and oxygen atoms in total. The smallest absolute Gasteiger partial charge is 0.325 e. The number of hydrogen-bond acceptors (Lipinski definition) is 6. The molecular weight excluding hydrogens is 447 g/mol. The number of halogens is 3. The molecule has 0 fully saturated rings. The Labute approximate surface area is 191 Å². The van der Waals surface area contributed by atoms with E-state index >= 15 is 0 Å². The molecular formula is C23H16F3N7O. The van der Waals surface area contributed by atoms with E-state index in [1.807, 2.05) is 6.07 Å². The summed E-state index contributed by atoms with van der Waals surface area (Å²) in [6.45, 7) is 1.57. The van der Waals surface area contributed by atoms with Gasteiger partial charge in [0.1, 0.15) is 29.8 Å². The summed E-state index contributed by atoms with van der Waals surface area (Å²) in [5.41, 5.74) is 1.91. The second kappa shape index (κ2) is 9.11.